The predicted molar refractivity (Wildman–Crippen MR) is 80.9 cm³/mol. The Morgan fingerprint density at radius 2 is 2.05 bits per heavy atom. The van der Waals surface area contributed by atoms with Crippen LogP contribution in [0.15, 0.2) is 12.1 Å². The van der Waals surface area contributed by atoms with E-state index < -0.39 is 0 Å². The van der Waals surface area contributed by atoms with Gasteiger partial charge in [0.15, 0.2) is 0 Å². The van der Waals surface area contributed by atoms with Crippen molar-refractivity contribution in [2.75, 3.05) is 13.2 Å². The molecule has 19 heavy (non-hydrogen) atoms. The van der Waals surface area contributed by atoms with Gasteiger partial charge in [-0.1, -0.05) is 31.5 Å². The van der Waals surface area contributed by atoms with Gasteiger partial charge >= 0.3 is 0 Å². The Kier molecular flexibility index (Phi) is 4.88. The molecule has 0 spiro atoms. The summed E-state index contributed by atoms with van der Waals surface area (Å²) >= 11 is 6.46. The summed E-state index contributed by atoms with van der Waals surface area (Å²) in [4.78, 5) is 0. The first-order chi connectivity index (χ1) is 9.04. The number of nitrogens with one attached hydrogen (secondary N) is 1. The SMILES string of the molecule is CCNC(c1cc(C)c(C)cc1Cl)C1OCCC1C. The van der Waals surface area contributed by atoms with Crippen LogP contribution in [0.2, 0.25) is 5.02 Å². The van der Waals surface area contributed by atoms with Crippen molar-refractivity contribution >= 4 is 11.6 Å². The Hall–Kier alpha value is -0.570. The third-order valence-electron chi connectivity index (χ3n) is 4.14. The van der Waals surface area contributed by atoms with Crippen LogP contribution in [0.5, 0.6) is 0 Å². The van der Waals surface area contributed by atoms with Crippen LogP contribution >= 0.6 is 11.6 Å². The molecular formula is C16H24ClNO. The van der Waals surface area contributed by atoms with Crippen molar-refractivity contribution in [3.8, 4) is 0 Å². The third kappa shape index (κ3) is 3.13. The van der Waals surface area contributed by atoms with Gasteiger partial charge in [0, 0.05) is 11.6 Å². The maximum atomic E-state index is 6.46. The fourth-order valence-corrected chi connectivity index (χ4v) is 3.14. The highest BCUT2D eigenvalue weighted by Gasteiger charge is 2.33. The number of ether oxygens (including phenoxy) is 1. The van der Waals surface area contributed by atoms with Crippen molar-refractivity contribution in [1.29, 1.82) is 0 Å². The fraction of sp³-hybridized carbons (Fsp3) is 0.625. The van der Waals surface area contributed by atoms with Gasteiger partial charge < -0.3 is 10.1 Å². The standard InChI is InChI=1S/C16H24ClNO/c1-5-18-15(16-10(2)6-7-19-16)13-8-11(3)12(4)9-14(13)17/h8-10,15-16,18H,5-7H2,1-4H3. The number of likely N-dealkylation sites (N-methyl/N-ethyl adjacent to an activating group) is 1. The van der Waals surface area contributed by atoms with Crippen LogP contribution in [-0.2, 0) is 4.74 Å². The lowest BCUT2D eigenvalue weighted by atomic mass is 9.91. The quantitative estimate of drug-likeness (QED) is 0.900. The van der Waals surface area contributed by atoms with Gasteiger partial charge in [0.1, 0.15) is 0 Å². The highest BCUT2D eigenvalue weighted by Crippen LogP contribution is 2.35. The lowest BCUT2D eigenvalue weighted by Gasteiger charge is -2.28. The summed E-state index contributed by atoms with van der Waals surface area (Å²) in [6, 6.07) is 4.46. The van der Waals surface area contributed by atoms with E-state index in [4.69, 9.17) is 16.3 Å². The van der Waals surface area contributed by atoms with Crippen LogP contribution in [-0.4, -0.2) is 19.3 Å². The molecule has 1 aromatic rings. The van der Waals surface area contributed by atoms with Crippen LogP contribution in [0.4, 0.5) is 0 Å². The Morgan fingerprint density at radius 3 is 2.63 bits per heavy atom. The van der Waals surface area contributed by atoms with E-state index in [-0.39, 0.29) is 12.1 Å². The lowest BCUT2D eigenvalue weighted by Crippen LogP contribution is -2.35. The molecule has 3 unspecified atom stereocenters. The number of halogens is 1. The topological polar surface area (TPSA) is 21.3 Å². The van der Waals surface area contributed by atoms with Gasteiger partial charge in [-0.15, -0.1) is 0 Å². The molecule has 1 aliphatic heterocycles. The van der Waals surface area contributed by atoms with Gasteiger partial charge in [0.25, 0.3) is 0 Å². The minimum Gasteiger partial charge on any atom is -0.376 e. The summed E-state index contributed by atoms with van der Waals surface area (Å²) < 4.78 is 5.94. The van der Waals surface area contributed by atoms with Crippen molar-refractivity contribution in [2.45, 2.75) is 46.3 Å². The van der Waals surface area contributed by atoms with Crippen LogP contribution < -0.4 is 5.32 Å². The molecule has 1 fully saturated rings. The summed E-state index contributed by atoms with van der Waals surface area (Å²) in [6.07, 6.45) is 1.36. The summed E-state index contributed by atoms with van der Waals surface area (Å²) in [5.41, 5.74) is 3.70. The number of benzene rings is 1. The number of rotatable bonds is 4. The highest BCUT2D eigenvalue weighted by atomic mass is 35.5. The van der Waals surface area contributed by atoms with E-state index >= 15 is 0 Å². The van der Waals surface area contributed by atoms with Crippen molar-refractivity contribution < 1.29 is 4.74 Å². The van der Waals surface area contributed by atoms with Crippen molar-refractivity contribution in [3.05, 3.63) is 33.8 Å². The zero-order valence-corrected chi connectivity index (χ0v) is 13.1. The Bertz CT molecular complexity index is 447. The van der Waals surface area contributed by atoms with Crippen molar-refractivity contribution in [3.63, 3.8) is 0 Å². The molecule has 0 bridgehead atoms. The zero-order chi connectivity index (χ0) is 14.0. The molecule has 2 rings (SSSR count). The van der Waals surface area contributed by atoms with Gasteiger partial charge in [-0.3, -0.25) is 0 Å². The van der Waals surface area contributed by atoms with E-state index in [0.717, 1.165) is 24.6 Å². The maximum absolute atomic E-state index is 6.46. The average molecular weight is 282 g/mol. The van der Waals surface area contributed by atoms with Gasteiger partial charge in [-0.05, 0) is 55.5 Å². The lowest BCUT2D eigenvalue weighted by molar-refractivity contribution is 0.0612. The molecule has 1 saturated heterocycles. The molecule has 1 N–H and O–H groups in total. The maximum Gasteiger partial charge on any atom is 0.0796 e. The summed E-state index contributed by atoms with van der Waals surface area (Å²) in [5.74, 6) is 0.571. The van der Waals surface area contributed by atoms with E-state index in [0.29, 0.717) is 5.92 Å². The van der Waals surface area contributed by atoms with E-state index in [9.17, 15) is 0 Å². The molecule has 3 atom stereocenters. The van der Waals surface area contributed by atoms with Gasteiger partial charge in [0.2, 0.25) is 0 Å². The van der Waals surface area contributed by atoms with Crippen molar-refractivity contribution in [1.82, 2.24) is 5.32 Å². The molecule has 1 heterocycles. The van der Waals surface area contributed by atoms with Crippen LogP contribution in [0.3, 0.4) is 0 Å². The Balaban J connectivity index is 2.35. The first-order valence-corrected chi connectivity index (χ1v) is 7.54. The molecule has 3 heteroatoms. The largest absolute Gasteiger partial charge is 0.376 e. The van der Waals surface area contributed by atoms with Gasteiger partial charge in [0.05, 0.1) is 12.1 Å². The van der Waals surface area contributed by atoms with E-state index in [1.807, 2.05) is 0 Å². The summed E-state index contributed by atoms with van der Waals surface area (Å²) in [7, 11) is 0. The van der Waals surface area contributed by atoms with E-state index in [1.54, 1.807) is 0 Å². The number of hydrogen-bond donors (Lipinski definition) is 1. The molecule has 1 aliphatic rings. The molecule has 1 aromatic carbocycles. The molecule has 0 aliphatic carbocycles. The molecule has 2 nitrogen and oxygen atoms in total. The molecule has 0 saturated carbocycles. The Morgan fingerprint density at radius 1 is 1.37 bits per heavy atom. The second-order valence-electron chi connectivity index (χ2n) is 5.59. The second kappa shape index (κ2) is 6.25. The molecule has 0 radical (unpaired) electrons. The fourth-order valence-electron chi connectivity index (χ4n) is 2.81. The molecule has 106 valence electrons. The van der Waals surface area contributed by atoms with Gasteiger partial charge in [-0.2, -0.15) is 0 Å². The predicted octanol–water partition coefficient (Wildman–Crippen LogP) is 4.03. The van der Waals surface area contributed by atoms with E-state index in [1.165, 1.54) is 16.7 Å². The Labute approximate surface area is 121 Å². The van der Waals surface area contributed by atoms with Crippen molar-refractivity contribution in [2.24, 2.45) is 5.92 Å². The monoisotopic (exact) mass is 281 g/mol. The number of aryl methyl sites for hydroxylation is 2. The van der Waals surface area contributed by atoms with Crippen LogP contribution in [0.1, 0.15) is 43.0 Å². The van der Waals surface area contributed by atoms with Crippen LogP contribution in [0.25, 0.3) is 0 Å². The first-order valence-electron chi connectivity index (χ1n) is 7.16. The molecule has 0 aromatic heterocycles. The van der Waals surface area contributed by atoms with E-state index in [2.05, 4.69) is 45.1 Å². The normalized spacial score (nSPS) is 24.7. The van der Waals surface area contributed by atoms with Gasteiger partial charge in [-0.25, -0.2) is 0 Å². The van der Waals surface area contributed by atoms with Crippen LogP contribution in [0, 0.1) is 19.8 Å². The third-order valence-corrected chi connectivity index (χ3v) is 4.47. The minimum atomic E-state index is 0.189. The molecule has 0 amide bonds. The minimum absolute atomic E-state index is 0.189. The second-order valence-corrected chi connectivity index (χ2v) is 6.00. The number of hydrogen-bond acceptors (Lipinski definition) is 2. The highest BCUT2D eigenvalue weighted by molar-refractivity contribution is 6.31. The molecular weight excluding hydrogens is 258 g/mol. The first kappa shape index (κ1) is 14.8. The summed E-state index contributed by atoms with van der Waals surface area (Å²) in [5, 5.41) is 4.39. The smallest absolute Gasteiger partial charge is 0.0796 e. The summed E-state index contributed by atoms with van der Waals surface area (Å²) in [6.45, 7) is 10.4. The zero-order valence-electron chi connectivity index (χ0n) is 12.3. The average Bonchev–Trinajstić information content (AvgIpc) is 2.77.